The lowest BCUT2D eigenvalue weighted by atomic mass is 10.2. The number of carbonyl (C=O) groups is 3. The average molecular weight is 418 g/mol. The first-order chi connectivity index (χ1) is 13.2. The summed E-state index contributed by atoms with van der Waals surface area (Å²) in [4.78, 5) is 37.3. The van der Waals surface area contributed by atoms with Crippen LogP contribution in [0.15, 0.2) is 39.7 Å². The zero-order valence-corrected chi connectivity index (χ0v) is 16.1. The molecule has 3 rings (SSSR count). The van der Waals surface area contributed by atoms with Gasteiger partial charge in [-0.2, -0.15) is 0 Å². The van der Waals surface area contributed by atoms with E-state index in [0.29, 0.717) is 16.4 Å². The fourth-order valence-electron chi connectivity index (χ4n) is 2.43. The molecule has 1 aliphatic heterocycles. The number of nitrogens with one attached hydrogen (secondary N) is 1. The van der Waals surface area contributed by atoms with Gasteiger partial charge >= 0.3 is 5.97 Å². The summed E-state index contributed by atoms with van der Waals surface area (Å²) < 4.78 is 5.64. The maximum Gasteiger partial charge on any atom is 0.339 e. The number of nitrogens with zero attached hydrogens (tertiary/aromatic N) is 1. The van der Waals surface area contributed by atoms with Crippen molar-refractivity contribution >= 4 is 57.8 Å². The number of furan rings is 1. The second kappa shape index (κ2) is 7.87. The number of aryl methyl sites for hydroxylation is 1. The van der Waals surface area contributed by atoms with E-state index in [-0.39, 0.29) is 22.1 Å². The van der Waals surface area contributed by atoms with E-state index in [2.05, 4.69) is 5.32 Å². The molecule has 0 aliphatic carbocycles. The molecule has 0 radical (unpaired) electrons. The largest absolute Gasteiger partial charge is 0.507 e. The highest BCUT2D eigenvalue weighted by atomic mass is 32.2. The van der Waals surface area contributed by atoms with Crippen LogP contribution in [0.1, 0.15) is 21.9 Å². The van der Waals surface area contributed by atoms with Crippen molar-refractivity contribution in [2.24, 2.45) is 0 Å². The quantitative estimate of drug-likeness (QED) is 0.385. The molecule has 0 saturated carbocycles. The number of anilines is 1. The van der Waals surface area contributed by atoms with Crippen molar-refractivity contribution < 1.29 is 29.0 Å². The van der Waals surface area contributed by atoms with Crippen molar-refractivity contribution in [2.75, 3.05) is 11.9 Å². The van der Waals surface area contributed by atoms with E-state index >= 15 is 0 Å². The van der Waals surface area contributed by atoms with Gasteiger partial charge in [0, 0.05) is 11.8 Å². The summed E-state index contributed by atoms with van der Waals surface area (Å²) in [6.07, 6.45) is 1.56. The van der Waals surface area contributed by atoms with E-state index in [1.165, 1.54) is 6.07 Å². The lowest BCUT2D eigenvalue weighted by molar-refractivity contribution is -0.126. The van der Waals surface area contributed by atoms with Crippen LogP contribution in [0.25, 0.3) is 6.08 Å². The van der Waals surface area contributed by atoms with Crippen LogP contribution in [0.3, 0.4) is 0 Å². The number of thioether (sulfide) groups is 1. The minimum atomic E-state index is -1.33. The Hall–Kier alpha value is -3.11. The molecule has 0 spiro atoms. The molecule has 2 heterocycles. The number of aromatic hydroxyl groups is 1. The standard InChI is InChI=1S/C18H14N2O6S2/c1-9-2-4-11(26-9)7-14-16(23)20(18(27)28-14)8-15(22)19-10-3-5-13(21)12(6-10)17(24)25/h2-7,21H,8H2,1H3,(H,19,22)(H,24,25)/b14-7-. The second-order valence-electron chi connectivity index (χ2n) is 5.80. The van der Waals surface area contributed by atoms with Gasteiger partial charge in [-0.25, -0.2) is 4.79 Å². The normalized spacial score (nSPS) is 15.3. The van der Waals surface area contributed by atoms with Crippen LogP contribution in [0.5, 0.6) is 5.75 Å². The van der Waals surface area contributed by atoms with Gasteiger partial charge in [0.1, 0.15) is 33.7 Å². The third kappa shape index (κ3) is 4.24. The third-order valence-electron chi connectivity index (χ3n) is 3.72. The molecule has 0 atom stereocenters. The highest BCUT2D eigenvalue weighted by Gasteiger charge is 2.33. The van der Waals surface area contributed by atoms with Gasteiger partial charge in [-0.1, -0.05) is 24.0 Å². The summed E-state index contributed by atoms with van der Waals surface area (Å²) in [5.41, 5.74) is -0.174. The Kier molecular flexibility index (Phi) is 5.52. The monoisotopic (exact) mass is 418 g/mol. The van der Waals surface area contributed by atoms with Gasteiger partial charge in [0.25, 0.3) is 5.91 Å². The summed E-state index contributed by atoms with van der Waals surface area (Å²) in [7, 11) is 0. The van der Waals surface area contributed by atoms with Crippen LogP contribution in [0, 0.1) is 6.92 Å². The number of benzene rings is 1. The summed E-state index contributed by atoms with van der Waals surface area (Å²) in [5.74, 6) is -1.52. The molecule has 1 fully saturated rings. The molecule has 0 unspecified atom stereocenters. The van der Waals surface area contributed by atoms with Gasteiger partial charge in [0.15, 0.2) is 0 Å². The van der Waals surface area contributed by atoms with Crippen molar-refractivity contribution in [3.05, 3.63) is 52.3 Å². The van der Waals surface area contributed by atoms with Gasteiger partial charge < -0.3 is 19.9 Å². The fraction of sp³-hybridized carbons (Fsp3) is 0.111. The highest BCUT2D eigenvalue weighted by molar-refractivity contribution is 8.26. The van der Waals surface area contributed by atoms with E-state index in [1.807, 2.05) is 0 Å². The van der Waals surface area contributed by atoms with Crippen LogP contribution < -0.4 is 5.32 Å². The number of hydrogen-bond donors (Lipinski definition) is 3. The zero-order valence-electron chi connectivity index (χ0n) is 14.5. The Balaban J connectivity index is 1.69. The first kappa shape index (κ1) is 19.6. The third-order valence-corrected chi connectivity index (χ3v) is 5.10. The molecule has 144 valence electrons. The Morgan fingerprint density at radius 2 is 2.07 bits per heavy atom. The lowest BCUT2D eigenvalue weighted by Gasteiger charge is -2.14. The van der Waals surface area contributed by atoms with Gasteiger partial charge in [-0.3, -0.25) is 14.5 Å². The predicted octanol–water partition coefficient (Wildman–Crippen LogP) is 2.83. The number of carbonyl (C=O) groups excluding carboxylic acids is 2. The minimum absolute atomic E-state index is 0.173. The molecule has 3 N–H and O–H groups in total. The molecule has 2 amide bonds. The average Bonchev–Trinajstić information content (AvgIpc) is 3.14. The molecule has 1 aromatic heterocycles. The Morgan fingerprint density at radius 3 is 2.71 bits per heavy atom. The molecule has 8 nitrogen and oxygen atoms in total. The van der Waals surface area contributed by atoms with Gasteiger partial charge in [-0.05, 0) is 37.3 Å². The molecule has 1 saturated heterocycles. The van der Waals surface area contributed by atoms with Gasteiger partial charge in [-0.15, -0.1) is 0 Å². The molecule has 1 aliphatic rings. The Labute approximate surface area is 168 Å². The number of amides is 2. The van der Waals surface area contributed by atoms with E-state index in [4.69, 9.17) is 21.7 Å². The van der Waals surface area contributed by atoms with Crippen molar-refractivity contribution in [1.82, 2.24) is 4.90 Å². The number of carboxylic acid groups (broad SMARTS) is 1. The van der Waals surface area contributed by atoms with Crippen LogP contribution in [-0.2, 0) is 9.59 Å². The van der Waals surface area contributed by atoms with Gasteiger partial charge in [0.05, 0.1) is 4.91 Å². The van der Waals surface area contributed by atoms with E-state index in [1.54, 1.807) is 25.1 Å². The topological polar surface area (TPSA) is 120 Å². The summed E-state index contributed by atoms with van der Waals surface area (Å²) >= 11 is 6.24. The molecule has 0 bridgehead atoms. The molecular weight excluding hydrogens is 404 g/mol. The minimum Gasteiger partial charge on any atom is -0.507 e. The lowest BCUT2D eigenvalue weighted by Crippen LogP contribution is -2.36. The number of hydrogen-bond acceptors (Lipinski definition) is 7. The fourth-order valence-corrected chi connectivity index (χ4v) is 3.66. The maximum atomic E-state index is 12.5. The molecule has 28 heavy (non-hydrogen) atoms. The van der Waals surface area contributed by atoms with E-state index < -0.39 is 23.5 Å². The number of aromatic carboxylic acids is 1. The highest BCUT2D eigenvalue weighted by Crippen LogP contribution is 2.32. The van der Waals surface area contributed by atoms with Crippen molar-refractivity contribution in [3.63, 3.8) is 0 Å². The second-order valence-corrected chi connectivity index (χ2v) is 7.48. The van der Waals surface area contributed by atoms with Crippen molar-refractivity contribution in [2.45, 2.75) is 6.92 Å². The number of rotatable bonds is 5. The first-order valence-electron chi connectivity index (χ1n) is 7.92. The molecule has 10 heteroatoms. The van der Waals surface area contributed by atoms with E-state index in [0.717, 1.165) is 28.8 Å². The molecule has 2 aromatic rings. The maximum absolute atomic E-state index is 12.5. The molecule has 1 aromatic carbocycles. The number of phenols is 1. The Bertz CT molecular complexity index is 1030. The van der Waals surface area contributed by atoms with Crippen LogP contribution in [0.2, 0.25) is 0 Å². The van der Waals surface area contributed by atoms with Gasteiger partial charge in [0.2, 0.25) is 5.91 Å². The smallest absolute Gasteiger partial charge is 0.339 e. The number of carboxylic acids is 1. The van der Waals surface area contributed by atoms with Crippen LogP contribution in [0.4, 0.5) is 5.69 Å². The summed E-state index contributed by atoms with van der Waals surface area (Å²) in [6.45, 7) is 1.45. The zero-order chi connectivity index (χ0) is 20.4. The predicted molar refractivity (Wildman–Crippen MR) is 107 cm³/mol. The van der Waals surface area contributed by atoms with Crippen molar-refractivity contribution in [3.8, 4) is 5.75 Å². The first-order valence-corrected chi connectivity index (χ1v) is 9.15. The van der Waals surface area contributed by atoms with Crippen LogP contribution in [-0.4, -0.2) is 43.8 Å². The summed E-state index contributed by atoms with van der Waals surface area (Å²) in [6, 6.07) is 7.12. The SMILES string of the molecule is Cc1ccc(/C=C2\SC(=S)N(CC(=O)Nc3ccc(O)c(C(=O)O)c3)C2=O)o1. The van der Waals surface area contributed by atoms with E-state index in [9.17, 15) is 19.5 Å². The molecular formula is C18H14N2O6S2. The van der Waals surface area contributed by atoms with Crippen molar-refractivity contribution in [1.29, 1.82) is 0 Å². The van der Waals surface area contributed by atoms with Crippen LogP contribution >= 0.6 is 24.0 Å². The number of thiocarbonyl (C=S) groups is 1. The Morgan fingerprint density at radius 1 is 1.32 bits per heavy atom. The summed E-state index contributed by atoms with van der Waals surface area (Å²) in [5, 5.41) is 21.0.